The number of aryl methyl sites for hydroxylation is 3. The van der Waals surface area contributed by atoms with Gasteiger partial charge in [-0.25, -0.2) is 9.59 Å². The second kappa shape index (κ2) is 7.75. The first kappa shape index (κ1) is 20.4. The summed E-state index contributed by atoms with van der Waals surface area (Å²) in [5, 5.41) is 13.6. The fourth-order valence-corrected chi connectivity index (χ4v) is 3.73. The molecule has 7 nitrogen and oxygen atoms in total. The maximum atomic E-state index is 12.6. The van der Waals surface area contributed by atoms with Crippen LogP contribution in [-0.2, 0) is 16.0 Å². The maximum absolute atomic E-state index is 12.6. The standard InChI is InChI=1S/C24H21NO6/c1-12-14(3)30-19-11-20-17(9-16(12)19)13(2)18(24(29)31-20)10-21(26)25-22(23(27)28)15-7-5-4-6-8-15/h4-9,11,22H,10H2,1-3H3,(H,25,26)(H,27,28). The van der Waals surface area contributed by atoms with E-state index in [9.17, 15) is 19.5 Å². The lowest BCUT2D eigenvalue weighted by molar-refractivity contribution is -0.142. The van der Waals surface area contributed by atoms with E-state index in [1.54, 1.807) is 43.3 Å². The van der Waals surface area contributed by atoms with Crippen LogP contribution < -0.4 is 10.9 Å². The molecule has 4 aromatic rings. The minimum absolute atomic E-state index is 0.194. The smallest absolute Gasteiger partial charge is 0.340 e. The lowest BCUT2D eigenvalue weighted by Crippen LogP contribution is -2.35. The van der Waals surface area contributed by atoms with Crippen LogP contribution in [0.15, 0.2) is 56.1 Å². The molecule has 2 aromatic heterocycles. The number of carboxylic acids is 1. The van der Waals surface area contributed by atoms with Gasteiger partial charge in [0.05, 0.1) is 12.0 Å². The van der Waals surface area contributed by atoms with Crippen molar-refractivity contribution in [2.75, 3.05) is 0 Å². The molecule has 31 heavy (non-hydrogen) atoms. The second-order valence-electron chi connectivity index (χ2n) is 7.55. The molecule has 2 aromatic carbocycles. The first-order chi connectivity index (χ1) is 14.8. The Kier molecular flexibility index (Phi) is 5.10. The maximum Gasteiger partial charge on any atom is 0.340 e. The Morgan fingerprint density at radius 2 is 1.61 bits per heavy atom. The van der Waals surface area contributed by atoms with Gasteiger partial charge in [-0.05, 0) is 43.5 Å². The van der Waals surface area contributed by atoms with Crippen molar-refractivity contribution in [2.45, 2.75) is 33.2 Å². The summed E-state index contributed by atoms with van der Waals surface area (Å²) < 4.78 is 11.2. The highest BCUT2D eigenvalue weighted by Gasteiger charge is 2.24. The van der Waals surface area contributed by atoms with Crippen molar-refractivity contribution in [1.29, 1.82) is 0 Å². The van der Waals surface area contributed by atoms with Gasteiger partial charge in [-0.2, -0.15) is 0 Å². The van der Waals surface area contributed by atoms with Gasteiger partial charge in [0, 0.05) is 16.8 Å². The van der Waals surface area contributed by atoms with E-state index in [4.69, 9.17) is 8.83 Å². The fourth-order valence-electron chi connectivity index (χ4n) is 3.73. The van der Waals surface area contributed by atoms with Crippen molar-refractivity contribution in [2.24, 2.45) is 0 Å². The third-order valence-electron chi connectivity index (χ3n) is 5.61. The van der Waals surface area contributed by atoms with Crippen LogP contribution in [0.2, 0.25) is 0 Å². The highest BCUT2D eigenvalue weighted by atomic mass is 16.4. The minimum Gasteiger partial charge on any atom is -0.479 e. The molecule has 7 heteroatoms. The highest BCUT2D eigenvalue weighted by Crippen LogP contribution is 2.31. The van der Waals surface area contributed by atoms with E-state index in [-0.39, 0.29) is 12.0 Å². The molecule has 1 amide bonds. The summed E-state index contributed by atoms with van der Waals surface area (Å²) in [5.74, 6) is -0.983. The van der Waals surface area contributed by atoms with Gasteiger partial charge in [0.1, 0.15) is 16.9 Å². The largest absolute Gasteiger partial charge is 0.479 e. The van der Waals surface area contributed by atoms with Crippen molar-refractivity contribution in [3.8, 4) is 0 Å². The molecule has 4 rings (SSSR count). The predicted octanol–water partition coefficient (Wildman–Crippen LogP) is 3.95. The van der Waals surface area contributed by atoms with E-state index >= 15 is 0 Å². The summed E-state index contributed by atoms with van der Waals surface area (Å²) in [7, 11) is 0. The van der Waals surface area contributed by atoms with E-state index in [1.165, 1.54) is 0 Å². The number of benzene rings is 2. The van der Waals surface area contributed by atoms with Gasteiger partial charge in [-0.1, -0.05) is 30.3 Å². The predicted molar refractivity (Wildman–Crippen MR) is 115 cm³/mol. The third kappa shape index (κ3) is 3.70. The number of amides is 1. The molecule has 0 aliphatic rings. The van der Waals surface area contributed by atoms with E-state index in [1.807, 2.05) is 19.9 Å². The molecule has 0 saturated heterocycles. The Balaban J connectivity index is 1.69. The highest BCUT2D eigenvalue weighted by molar-refractivity contribution is 5.97. The molecule has 2 heterocycles. The minimum atomic E-state index is -1.21. The quantitative estimate of drug-likeness (QED) is 0.474. The molecule has 0 bridgehead atoms. The molecule has 0 aliphatic carbocycles. The lowest BCUT2D eigenvalue weighted by Gasteiger charge is -2.15. The average Bonchev–Trinajstić information content (AvgIpc) is 3.01. The number of carboxylic acid groups (broad SMARTS) is 1. The first-order valence-corrected chi connectivity index (χ1v) is 9.79. The summed E-state index contributed by atoms with van der Waals surface area (Å²) in [4.78, 5) is 36.9. The van der Waals surface area contributed by atoms with Crippen LogP contribution in [-0.4, -0.2) is 17.0 Å². The van der Waals surface area contributed by atoms with Crippen LogP contribution in [0.25, 0.3) is 21.9 Å². The molecule has 0 radical (unpaired) electrons. The van der Waals surface area contributed by atoms with Gasteiger partial charge in [-0.3, -0.25) is 4.79 Å². The molecular weight excluding hydrogens is 398 g/mol. The van der Waals surface area contributed by atoms with E-state index in [0.717, 1.165) is 16.7 Å². The molecule has 0 fully saturated rings. The number of aliphatic carboxylic acids is 1. The molecular formula is C24H21NO6. The van der Waals surface area contributed by atoms with Crippen LogP contribution in [0.4, 0.5) is 0 Å². The molecule has 2 N–H and O–H groups in total. The SMILES string of the molecule is Cc1oc2cc3oc(=O)c(CC(=O)NC(C(=O)O)c4ccccc4)c(C)c3cc2c1C. The van der Waals surface area contributed by atoms with Crippen molar-refractivity contribution < 1.29 is 23.5 Å². The Bertz CT molecular complexity index is 1380. The van der Waals surface area contributed by atoms with Crippen molar-refractivity contribution >= 4 is 33.8 Å². The zero-order valence-electron chi connectivity index (χ0n) is 17.3. The van der Waals surface area contributed by atoms with Gasteiger partial charge in [0.15, 0.2) is 6.04 Å². The van der Waals surface area contributed by atoms with Crippen LogP contribution in [0.1, 0.15) is 34.1 Å². The number of rotatable bonds is 5. The van der Waals surface area contributed by atoms with E-state index in [2.05, 4.69) is 5.32 Å². The molecule has 158 valence electrons. The normalized spacial score (nSPS) is 12.2. The second-order valence-corrected chi connectivity index (χ2v) is 7.55. The van der Waals surface area contributed by atoms with Gasteiger partial charge >= 0.3 is 11.6 Å². The number of hydrogen-bond acceptors (Lipinski definition) is 5. The van der Waals surface area contributed by atoms with Crippen LogP contribution in [0.5, 0.6) is 0 Å². The topological polar surface area (TPSA) is 110 Å². The van der Waals surface area contributed by atoms with E-state index in [0.29, 0.717) is 27.7 Å². The van der Waals surface area contributed by atoms with Crippen molar-refractivity contribution in [3.63, 3.8) is 0 Å². The molecule has 0 saturated carbocycles. The number of nitrogens with one attached hydrogen (secondary N) is 1. The van der Waals surface area contributed by atoms with Gasteiger partial charge in [0.2, 0.25) is 5.91 Å². The Morgan fingerprint density at radius 3 is 2.29 bits per heavy atom. The summed E-state index contributed by atoms with van der Waals surface area (Å²) >= 11 is 0. The van der Waals surface area contributed by atoms with Crippen LogP contribution in [0, 0.1) is 20.8 Å². The Morgan fingerprint density at radius 1 is 0.968 bits per heavy atom. The average molecular weight is 419 g/mol. The third-order valence-corrected chi connectivity index (χ3v) is 5.61. The first-order valence-electron chi connectivity index (χ1n) is 9.79. The van der Waals surface area contributed by atoms with Crippen LogP contribution >= 0.6 is 0 Å². The number of carbonyl (C=O) groups is 2. The monoisotopic (exact) mass is 419 g/mol. The summed E-state index contributed by atoms with van der Waals surface area (Å²) in [6, 6.07) is 10.7. The number of hydrogen-bond donors (Lipinski definition) is 2. The van der Waals surface area contributed by atoms with Crippen LogP contribution in [0.3, 0.4) is 0 Å². The molecule has 1 unspecified atom stereocenters. The number of fused-ring (bicyclic) bond motifs is 2. The Hall–Kier alpha value is -3.87. The van der Waals surface area contributed by atoms with Crippen molar-refractivity contribution in [1.82, 2.24) is 5.32 Å². The molecule has 0 aliphatic heterocycles. The summed E-state index contributed by atoms with van der Waals surface area (Å²) in [6.07, 6.45) is -0.290. The van der Waals surface area contributed by atoms with Gasteiger partial charge in [-0.15, -0.1) is 0 Å². The van der Waals surface area contributed by atoms with E-state index < -0.39 is 23.5 Å². The number of furan rings is 1. The zero-order chi connectivity index (χ0) is 22.3. The van der Waals surface area contributed by atoms with Crippen molar-refractivity contribution in [3.05, 3.63) is 80.9 Å². The van der Waals surface area contributed by atoms with Gasteiger partial charge in [0.25, 0.3) is 0 Å². The molecule has 1 atom stereocenters. The molecule has 0 spiro atoms. The number of carbonyl (C=O) groups excluding carboxylic acids is 1. The summed E-state index contributed by atoms with van der Waals surface area (Å²) in [5.41, 5.74) is 2.62. The Labute approximate surface area is 177 Å². The fraction of sp³-hybridized carbons (Fsp3) is 0.208. The zero-order valence-corrected chi connectivity index (χ0v) is 17.3. The van der Waals surface area contributed by atoms with Gasteiger partial charge < -0.3 is 19.3 Å². The lowest BCUT2D eigenvalue weighted by atomic mass is 10.0. The summed E-state index contributed by atoms with van der Waals surface area (Å²) in [6.45, 7) is 5.57.